The van der Waals surface area contributed by atoms with Crippen molar-refractivity contribution in [3.8, 4) is 0 Å². The number of nitrogens with zero attached hydrogens (tertiary/aromatic N) is 2. The Morgan fingerprint density at radius 2 is 2.00 bits per heavy atom. The Bertz CT molecular complexity index is 420. The molecule has 1 fully saturated rings. The molecule has 106 valence electrons. The molecule has 3 nitrogen and oxygen atoms in total. The van der Waals surface area contributed by atoms with E-state index in [0.29, 0.717) is 5.41 Å². The van der Waals surface area contributed by atoms with Crippen LogP contribution in [0.2, 0.25) is 0 Å². The molecule has 1 aliphatic rings. The molecular weight excluding hydrogens is 254 g/mol. The topological polar surface area (TPSA) is 37.8 Å². The van der Waals surface area contributed by atoms with E-state index in [9.17, 15) is 0 Å². The van der Waals surface area contributed by atoms with Crippen molar-refractivity contribution < 1.29 is 0 Å². The maximum atomic E-state index is 4.80. The second-order valence-electron chi connectivity index (χ2n) is 6.70. The molecule has 0 amide bonds. The van der Waals surface area contributed by atoms with E-state index in [1.165, 1.54) is 25.0 Å². The van der Waals surface area contributed by atoms with Crippen molar-refractivity contribution in [2.75, 3.05) is 19.3 Å². The molecule has 0 atom stereocenters. The van der Waals surface area contributed by atoms with Gasteiger partial charge < -0.3 is 5.32 Å². The van der Waals surface area contributed by atoms with Crippen LogP contribution < -0.4 is 5.32 Å². The fourth-order valence-electron chi connectivity index (χ4n) is 3.18. The van der Waals surface area contributed by atoms with Crippen LogP contribution in [0, 0.1) is 5.41 Å². The lowest BCUT2D eigenvalue weighted by Gasteiger charge is -2.41. The van der Waals surface area contributed by atoms with Crippen LogP contribution in [0.15, 0.2) is 17.4 Å². The number of nitrogens with one attached hydrogen (secondary N) is 1. The standard InChI is InChI=1S/C15H25N3S/c1-14(2,3)11-15(6-9-16-10-7-15)12-5-8-17-13(18-12)19-4/h5,8,16H,6-7,9-11H2,1-4H3. The van der Waals surface area contributed by atoms with Crippen molar-refractivity contribution in [2.45, 2.75) is 50.6 Å². The van der Waals surface area contributed by atoms with Crippen LogP contribution in [0.4, 0.5) is 0 Å². The smallest absolute Gasteiger partial charge is 0.187 e. The molecule has 0 saturated carbocycles. The summed E-state index contributed by atoms with van der Waals surface area (Å²) in [6.07, 6.45) is 7.50. The molecule has 1 aliphatic heterocycles. The monoisotopic (exact) mass is 279 g/mol. The molecule has 19 heavy (non-hydrogen) atoms. The van der Waals surface area contributed by atoms with Crippen molar-refractivity contribution in [3.63, 3.8) is 0 Å². The van der Waals surface area contributed by atoms with Crippen LogP contribution in [0.25, 0.3) is 0 Å². The minimum atomic E-state index is 0.219. The van der Waals surface area contributed by atoms with Crippen LogP contribution in [0.1, 0.15) is 45.7 Å². The largest absolute Gasteiger partial charge is 0.317 e. The van der Waals surface area contributed by atoms with Gasteiger partial charge in [-0.3, -0.25) is 0 Å². The molecule has 0 radical (unpaired) electrons. The molecule has 0 bridgehead atoms. The van der Waals surface area contributed by atoms with Gasteiger partial charge in [-0.25, -0.2) is 9.97 Å². The Labute approximate surface area is 121 Å². The zero-order valence-corrected chi connectivity index (χ0v) is 13.3. The van der Waals surface area contributed by atoms with Crippen LogP contribution in [0.3, 0.4) is 0 Å². The van der Waals surface area contributed by atoms with Gasteiger partial charge in [0.1, 0.15) is 0 Å². The van der Waals surface area contributed by atoms with Gasteiger partial charge in [0.15, 0.2) is 5.16 Å². The van der Waals surface area contributed by atoms with Crippen molar-refractivity contribution in [2.24, 2.45) is 5.41 Å². The molecule has 0 spiro atoms. The second-order valence-corrected chi connectivity index (χ2v) is 7.47. The third-order valence-electron chi connectivity index (χ3n) is 3.79. The highest BCUT2D eigenvalue weighted by atomic mass is 32.2. The Balaban J connectivity index is 2.35. The molecule has 0 unspecified atom stereocenters. The minimum Gasteiger partial charge on any atom is -0.317 e. The fraction of sp³-hybridized carbons (Fsp3) is 0.733. The van der Waals surface area contributed by atoms with Crippen LogP contribution >= 0.6 is 11.8 Å². The van der Waals surface area contributed by atoms with Gasteiger partial charge in [0, 0.05) is 11.6 Å². The highest BCUT2D eigenvalue weighted by molar-refractivity contribution is 7.98. The van der Waals surface area contributed by atoms with Gasteiger partial charge in [0.05, 0.1) is 5.69 Å². The van der Waals surface area contributed by atoms with Gasteiger partial charge in [0.2, 0.25) is 0 Å². The highest BCUT2D eigenvalue weighted by Crippen LogP contribution is 2.42. The van der Waals surface area contributed by atoms with Crippen molar-refractivity contribution in [3.05, 3.63) is 18.0 Å². The normalized spacial score (nSPS) is 19.4. The molecule has 4 heteroatoms. The zero-order chi connectivity index (χ0) is 13.9. The van der Waals surface area contributed by atoms with Crippen LogP contribution in [-0.2, 0) is 5.41 Å². The maximum Gasteiger partial charge on any atom is 0.187 e. The van der Waals surface area contributed by atoms with Crippen molar-refractivity contribution in [1.82, 2.24) is 15.3 Å². The van der Waals surface area contributed by atoms with Crippen LogP contribution in [-0.4, -0.2) is 29.3 Å². The van der Waals surface area contributed by atoms with E-state index in [0.717, 1.165) is 18.2 Å². The SMILES string of the molecule is CSc1nccc(C2(CC(C)(C)C)CCNCC2)n1. The highest BCUT2D eigenvalue weighted by Gasteiger charge is 2.38. The predicted molar refractivity (Wildman–Crippen MR) is 81.7 cm³/mol. The quantitative estimate of drug-likeness (QED) is 0.681. The Hall–Kier alpha value is -0.610. The first-order chi connectivity index (χ1) is 8.95. The molecule has 0 aliphatic carbocycles. The average Bonchev–Trinajstić information content (AvgIpc) is 2.38. The van der Waals surface area contributed by atoms with Gasteiger partial charge in [0.25, 0.3) is 0 Å². The number of piperidine rings is 1. The number of hydrogen-bond acceptors (Lipinski definition) is 4. The summed E-state index contributed by atoms with van der Waals surface area (Å²) in [5.41, 5.74) is 1.78. The fourth-order valence-corrected chi connectivity index (χ4v) is 3.53. The molecule has 0 aromatic carbocycles. The number of hydrogen-bond donors (Lipinski definition) is 1. The molecule has 2 heterocycles. The Kier molecular flexibility index (Phi) is 4.51. The van der Waals surface area contributed by atoms with E-state index in [1.54, 1.807) is 11.8 Å². The number of rotatable bonds is 3. The van der Waals surface area contributed by atoms with Gasteiger partial charge >= 0.3 is 0 Å². The number of thioether (sulfide) groups is 1. The summed E-state index contributed by atoms with van der Waals surface area (Å²) < 4.78 is 0. The first-order valence-corrected chi connectivity index (χ1v) is 8.26. The maximum absolute atomic E-state index is 4.80. The first-order valence-electron chi connectivity index (χ1n) is 7.03. The van der Waals surface area contributed by atoms with E-state index in [-0.39, 0.29) is 5.41 Å². The van der Waals surface area contributed by atoms with E-state index >= 15 is 0 Å². The van der Waals surface area contributed by atoms with Crippen molar-refractivity contribution in [1.29, 1.82) is 0 Å². The number of aromatic nitrogens is 2. The third-order valence-corrected chi connectivity index (χ3v) is 4.35. The van der Waals surface area contributed by atoms with Crippen LogP contribution in [0.5, 0.6) is 0 Å². The summed E-state index contributed by atoms with van der Waals surface area (Å²) in [5.74, 6) is 0. The first kappa shape index (κ1) is 14.8. The average molecular weight is 279 g/mol. The van der Waals surface area contributed by atoms with Gasteiger partial charge in [-0.2, -0.15) is 0 Å². The summed E-state index contributed by atoms with van der Waals surface area (Å²) in [4.78, 5) is 9.11. The van der Waals surface area contributed by atoms with E-state index in [1.807, 2.05) is 12.5 Å². The third kappa shape index (κ3) is 3.69. The van der Waals surface area contributed by atoms with E-state index in [4.69, 9.17) is 4.98 Å². The second kappa shape index (κ2) is 5.80. The summed E-state index contributed by atoms with van der Waals surface area (Å²) >= 11 is 1.63. The molecule has 2 rings (SSSR count). The van der Waals surface area contributed by atoms with Gasteiger partial charge in [-0.05, 0) is 50.1 Å². The molecule has 1 aromatic heterocycles. The molecule has 1 aromatic rings. The predicted octanol–water partition coefficient (Wildman–Crippen LogP) is 3.26. The van der Waals surface area contributed by atoms with E-state index in [2.05, 4.69) is 37.1 Å². The molecular formula is C15H25N3S. The van der Waals surface area contributed by atoms with Crippen molar-refractivity contribution >= 4 is 11.8 Å². The summed E-state index contributed by atoms with van der Waals surface area (Å²) in [7, 11) is 0. The van der Waals surface area contributed by atoms with Gasteiger partial charge in [-0.1, -0.05) is 32.5 Å². The Morgan fingerprint density at radius 3 is 2.58 bits per heavy atom. The lowest BCUT2D eigenvalue weighted by atomic mass is 9.66. The van der Waals surface area contributed by atoms with E-state index < -0.39 is 0 Å². The summed E-state index contributed by atoms with van der Waals surface area (Å²) in [6, 6.07) is 2.12. The molecule has 1 saturated heterocycles. The lowest BCUT2D eigenvalue weighted by molar-refractivity contribution is 0.196. The summed E-state index contributed by atoms with van der Waals surface area (Å²) in [6.45, 7) is 9.16. The zero-order valence-electron chi connectivity index (χ0n) is 12.5. The van der Waals surface area contributed by atoms with Gasteiger partial charge in [-0.15, -0.1) is 0 Å². The Morgan fingerprint density at radius 1 is 1.32 bits per heavy atom. The minimum absolute atomic E-state index is 0.219. The lowest BCUT2D eigenvalue weighted by Crippen LogP contribution is -2.42. The summed E-state index contributed by atoms with van der Waals surface area (Å²) in [5, 5.41) is 4.37. The molecule has 1 N–H and O–H groups in total.